The Morgan fingerprint density at radius 3 is 1.95 bits per heavy atom. The summed E-state index contributed by atoms with van der Waals surface area (Å²) in [5.74, 6) is 2.51. The number of fused-ring (bicyclic) bond motifs is 1. The molecule has 1 aliphatic carbocycles. The highest BCUT2D eigenvalue weighted by Crippen LogP contribution is 2.48. The van der Waals surface area contributed by atoms with E-state index in [1.54, 1.807) is 35.5 Å². The van der Waals surface area contributed by atoms with E-state index in [2.05, 4.69) is 17.1 Å². The minimum absolute atomic E-state index is 0.0651. The van der Waals surface area contributed by atoms with Crippen LogP contribution >= 0.6 is 0 Å². The molecule has 0 saturated carbocycles. The second-order valence-electron chi connectivity index (χ2n) is 9.11. The van der Waals surface area contributed by atoms with Gasteiger partial charge >= 0.3 is 5.97 Å². The fourth-order valence-electron chi connectivity index (χ4n) is 4.70. The SMILES string of the molecule is CCN(C)C(COC(=O)CC1=C(C)/C(=C/c2cc(OC)c(OC)c(OC)c2)c2cc(OC)c(OC)cc21)NC. The van der Waals surface area contributed by atoms with E-state index in [0.29, 0.717) is 28.7 Å². The van der Waals surface area contributed by atoms with E-state index < -0.39 is 0 Å². The van der Waals surface area contributed by atoms with Crippen LogP contribution < -0.4 is 29.0 Å². The van der Waals surface area contributed by atoms with Crippen molar-refractivity contribution in [2.45, 2.75) is 26.4 Å². The molecular weight excluding hydrogens is 500 g/mol. The van der Waals surface area contributed by atoms with Gasteiger partial charge in [-0.2, -0.15) is 0 Å². The third kappa shape index (κ3) is 6.32. The lowest BCUT2D eigenvalue weighted by Crippen LogP contribution is -2.45. The molecule has 1 N–H and O–H groups in total. The fourth-order valence-corrected chi connectivity index (χ4v) is 4.70. The summed E-state index contributed by atoms with van der Waals surface area (Å²) in [5, 5.41) is 3.18. The van der Waals surface area contributed by atoms with Gasteiger partial charge in [0.25, 0.3) is 0 Å². The molecule has 0 aromatic heterocycles. The standard InChI is InChI=1S/C30H40N2O7/c1-10-32(4)28(31-3)17-39-29(33)16-21-18(2)20(22-14-24(34-5)25(35-6)15-23(21)22)11-19-12-26(36-7)30(38-9)27(13-19)37-8/h11-15,28,31H,10,16-17H2,1-9H3/b20-11-. The Labute approximate surface area is 231 Å². The van der Waals surface area contributed by atoms with Gasteiger partial charge in [0.05, 0.1) is 48.1 Å². The molecule has 0 fully saturated rings. The molecular formula is C30H40N2O7. The van der Waals surface area contributed by atoms with Crippen LogP contribution in [0.15, 0.2) is 29.8 Å². The van der Waals surface area contributed by atoms with Gasteiger partial charge in [0.15, 0.2) is 23.0 Å². The first kappa shape index (κ1) is 29.9. The van der Waals surface area contributed by atoms with Gasteiger partial charge in [0.1, 0.15) is 6.61 Å². The van der Waals surface area contributed by atoms with E-state index in [1.165, 1.54) is 0 Å². The first-order valence-corrected chi connectivity index (χ1v) is 12.8. The van der Waals surface area contributed by atoms with Gasteiger partial charge in [-0.05, 0) is 91.3 Å². The number of rotatable bonds is 13. The number of ether oxygens (including phenoxy) is 6. The quantitative estimate of drug-likeness (QED) is 0.292. The number of methoxy groups -OCH3 is 5. The van der Waals surface area contributed by atoms with Gasteiger partial charge in [0.2, 0.25) is 5.75 Å². The van der Waals surface area contributed by atoms with E-state index >= 15 is 0 Å². The zero-order chi connectivity index (χ0) is 28.7. The number of nitrogens with one attached hydrogen (secondary N) is 1. The second-order valence-corrected chi connectivity index (χ2v) is 9.11. The van der Waals surface area contributed by atoms with Gasteiger partial charge in [-0.25, -0.2) is 0 Å². The first-order chi connectivity index (χ1) is 18.8. The van der Waals surface area contributed by atoms with Gasteiger partial charge in [-0.3, -0.25) is 9.69 Å². The Morgan fingerprint density at radius 1 is 0.897 bits per heavy atom. The summed E-state index contributed by atoms with van der Waals surface area (Å²) in [6.07, 6.45) is 2.09. The number of likely N-dealkylation sites (N-methyl/N-ethyl adjacent to an activating group) is 2. The van der Waals surface area contributed by atoms with Crippen LogP contribution in [0.3, 0.4) is 0 Å². The summed E-state index contributed by atoms with van der Waals surface area (Å²) in [4.78, 5) is 15.1. The van der Waals surface area contributed by atoms with E-state index in [0.717, 1.165) is 40.0 Å². The van der Waals surface area contributed by atoms with Crippen molar-refractivity contribution in [3.8, 4) is 28.7 Å². The van der Waals surface area contributed by atoms with Crippen LogP contribution in [-0.2, 0) is 9.53 Å². The molecule has 2 aromatic rings. The second kappa shape index (κ2) is 13.4. The highest BCUT2D eigenvalue weighted by Gasteiger charge is 2.29. The number of hydrogen-bond donors (Lipinski definition) is 1. The van der Waals surface area contributed by atoms with Crippen molar-refractivity contribution in [1.82, 2.24) is 10.2 Å². The molecule has 1 aliphatic rings. The van der Waals surface area contributed by atoms with Gasteiger partial charge in [-0.15, -0.1) is 0 Å². The lowest BCUT2D eigenvalue weighted by Gasteiger charge is -2.25. The van der Waals surface area contributed by atoms with Crippen molar-refractivity contribution >= 4 is 23.2 Å². The van der Waals surface area contributed by atoms with Gasteiger partial charge in [-0.1, -0.05) is 6.92 Å². The normalized spacial score (nSPS) is 14.4. The lowest BCUT2D eigenvalue weighted by atomic mass is 9.99. The fraction of sp³-hybridized carbons (Fsp3) is 0.433. The molecule has 0 amide bonds. The number of esters is 1. The average molecular weight is 541 g/mol. The monoisotopic (exact) mass is 540 g/mol. The Balaban J connectivity index is 2.07. The first-order valence-electron chi connectivity index (χ1n) is 12.8. The van der Waals surface area contributed by atoms with Crippen molar-refractivity contribution in [3.63, 3.8) is 0 Å². The number of carbonyl (C=O) groups excluding carboxylic acids is 1. The van der Waals surface area contributed by atoms with Crippen LogP contribution in [-0.4, -0.2) is 79.8 Å². The number of nitrogens with zero attached hydrogens (tertiary/aromatic N) is 1. The molecule has 1 atom stereocenters. The number of benzene rings is 2. The molecule has 0 spiro atoms. The van der Waals surface area contributed by atoms with E-state index in [9.17, 15) is 4.79 Å². The molecule has 39 heavy (non-hydrogen) atoms. The molecule has 0 aliphatic heterocycles. The van der Waals surface area contributed by atoms with Crippen molar-refractivity contribution in [1.29, 1.82) is 0 Å². The molecule has 1 unspecified atom stereocenters. The Kier molecular flexibility index (Phi) is 10.3. The Bertz CT molecular complexity index is 1230. The summed E-state index contributed by atoms with van der Waals surface area (Å²) in [6, 6.07) is 7.62. The van der Waals surface area contributed by atoms with Crippen LogP contribution in [0.5, 0.6) is 28.7 Å². The summed E-state index contributed by atoms with van der Waals surface area (Å²) >= 11 is 0. The van der Waals surface area contributed by atoms with Crippen LogP contribution in [0.4, 0.5) is 0 Å². The van der Waals surface area contributed by atoms with Crippen molar-refractivity contribution in [2.75, 3.05) is 62.8 Å². The van der Waals surface area contributed by atoms with Crippen molar-refractivity contribution < 1.29 is 33.2 Å². The molecule has 0 bridgehead atoms. The minimum atomic E-state index is -0.302. The van der Waals surface area contributed by atoms with Crippen LogP contribution in [0.25, 0.3) is 17.2 Å². The topological polar surface area (TPSA) is 87.7 Å². The Morgan fingerprint density at radius 2 is 1.46 bits per heavy atom. The zero-order valence-electron chi connectivity index (χ0n) is 24.4. The maximum absolute atomic E-state index is 13.0. The predicted molar refractivity (Wildman–Crippen MR) is 153 cm³/mol. The molecule has 0 heterocycles. The van der Waals surface area contributed by atoms with Crippen molar-refractivity contribution in [3.05, 3.63) is 46.5 Å². The minimum Gasteiger partial charge on any atom is -0.493 e. The number of hydrogen-bond acceptors (Lipinski definition) is 9. The molecule has 9 nitrogen and oxygen atoms in total. The maximum Gasteiger partial charge on any atom is 0.310 e. The number of allylic oxidation sites excluding steroid dienone is 2. The summed E-state index contributed by atoms with van der Waals surface area (Å²) < 4.78 is 33.4. The molecule has 2 aromatic carbocycles. The largest absolute Gasteiger partial charge is 0.493 e. The molecule has 0 radical (unpaired) electrons. The van der Waals surface area contributed by atoms with E-state index in [1.807, 2.05) is 51.4 Å². The molecule has 9 heteroatoms. The third-order valence-corrected chi connectivity index (χ3v) is 7.08. The summed E-state index contributed by atoms with van der Waals surface area (Å²) in [7, 11) is 11.8. The number of carbonyl (C=O) groups is 1. The maximum atomic E-state index is 13.0. The van der Waals surface area contributed by atoms with Crippen LogP contribution in [0.2, 0.25) is 0 Å². The summed E-state index contributed by atoms with van der Waals surface area (Å²) in [5.41, 5.74) is 5.46. The third-order valence-electron chi connectivity index (χ3n) is 7.08. The Hall–Kier alpha value is -3.69. The average Bonchev–Trinajstić information content (AvgIpc) is 3.20. The highest BCUT2D eigenvalue weighted by atomic mass is 16.5. The van der Waals surface area contributed by atoms with E-state index in [-0.39, 0.29) is 25.2 Å². The summed E-state index contributed by atoms with van der Waals surface area (Å²) in [6.45, 7) is 5.14. The zero-order valence-corrected chi connectivity index (χ0v) is 24.4. The van der Waals surface area contributed by atoms with Gasteiger partial charge < -0.3 is 33.7 Å². The van der Waals surface area contributed by atoms with Gasteiger partial charge in [0, 0.05) is 0 Å². The molecule has 212 valence electrons. The van der Waals surface area contributed by atoms with Crippen LogP contribution in [0, 0.1) is 0 Å². The molecule has 0 saturated heterocycles. The highest BCUT2D eigenvalue weighted by molar-refractivity contribution is 6.08. The van der Waals surface area contributed by atoms with Crippen molar-refractivity contribution in [2.24, 2.45) is 0 Å². The predicted octanol–water partition coefficient (Wildman–Crippen LogP) is 4.49. The van der Waals surface area contributed by atoms with Crippen LogP contribution in [0.1, 0.15) is 37.0 Å². The molecule has 3 rings (SSSR count). The van der Waals surface area contributed by atoms with E-state index in [4.69, 9.17) is 28.4 Å². The lowest BCUT2D eigenvalue weighted by molar-refractivity contribution is -0.144. The smallest absolute Gasteiger partial charge is 0.310 e.